The standard InChI is InChI=1S/C11H23IN2/c1-9(2)5-6-14(12)11-7-13(8-11)10(3)4/h9-11H,5-8H2,1-4H3. The zero-order valence-electron chi connectivity index (χ0n) is 9.83. The lowest BCUT2D eigenvalue weighted by atomic mass is 10.1. The molecule has 1 aliphatic heterocycles. The van der Waals surface area contributed by atoms with Gasteiger partial charge in [0.2, 0.25) is 0 Å². The van der Waals surface area contributed by atoms with E-state index in [0.29, 0.717) is 0 Å². The molecule has 0 saturated carbocycles. The maximum absolute atomic E-state index is 2.53. The van der Waals surface area contributed by atoms with E-state index < -0.39 is 0 Å². The van der Waals surface area contributed by atoms with Crippen molar-refractivity contribution in [3.8, 4) is 0 Å². The molecule has 0 atom stereocenters. The van der Waals surface area contributed by atoms with Crippen molar-refractivity contribution in [3.05, 3.63) is 0 Å². The Hall–Kier alpha value is 0.650. The van der Waals surface area contributed by atoms with Crippen molar-refractivity contribution in [1.29, 1.82) is 0 Å². The Morgan fingerprint density at radius 2 is 1.86 bits per heavy atom. The van der Waals surface area contributed by atoms with E-state index in [9.17, 15) is 0 Å². The Balaban J connectivity index is 2.13. The third-order valence-electron chi connectivity index (χ3n) is 2.94. The average molecular weight is 310 g/mol. The summed E-state index contributed by atoms with van der Waals surface area (Å²) in [6, 6.07) is 1.53. The number of halogens is 1. The van der Waals surface area contributed by atoms with Gasteiger partial charge in [0.15, 0.2) is 0 Å². The molecule has 0 N–H and O–H groups in total. The minimum absolute atomic E-state index is 0.723. The van der Waals surface area contributed by atoms with Crippen molar-refractivity contribution in [1.82, 2.24) is 8.01 Å². The van der Waals surface area contributed by atoms with E-state index >= 15 is 0 Å². The van der Waals surface area contributed by atoms with Crippen LogP contribution in [-0.2, 0) is 0 Å². The number of likely N-dealkylation sites (tertiary alicyclic amines) is 1. The molecule has 0 aliphatic carbocycles. The van der Waals surface area contributed by atoms with Crippen LogP contribution in [0.2, 0.25) is 0 Å². The normalized spacial score (nSPS) is 19.7. The quantitative estimate of drug-likeness (QED) is 0.569. The Kier molecular flexibility index (Phi) is 5.14. The molecule has 1 fully saturated rings. The molecular formula is C11H23IN2. The molecule has 1 saturated heterocycles. The van der Waals surface area contributed by atoms with Gasteiger partial charge in [0.1, 0.15) is 0 Å². The maximum atomic E-state index is 2.53. The zero-order valence-corrected chi connectivity index (χ0v) is 12.0. The second kappa shape index (κ2) is 5.66. The molecule has 0 aromatic carbocycles. The van der Waals surface area contributed by atoms with Gasteiger partial charge in [-0.05, 0) is 26.2 Å². The van der Waals surface area contributed by atoms with Gasteiger partial charge in [-0.2, -0.15) is 0 Å². The van der Waals surface area contributed by atoms with Crippen molar-refractivity contribution < 1.29 is 0 Å². The topological polar surface area (TPSA) is 6.48 Å². The zero-order chi connectivity index (χ0) is 10.7. The van der Waals surface area contributed by atoms with Crippen molar-refractivity contribution in [3.63, 3.8) is 0 Å². The van der Waals surface area contributed by atoms with Crippen LogP contribution in [0.1, 0.15) is 34.1 Å². The second-order valence-corrected chi connectivity index (χ2v) is 6.25. The predicted molar refractivity (Wildman–Crippen MR) is 70.7 cm³/mol. The highest BCUT2D eigenvalue weighted by Crippen LogP contribution is 2.21. The number of nitrogens with zero attached hydrogens (tertiary/aromatic N) is 2. The number of hydrogen-bond donors (Lipinski definition) is 0. The summed E-state index contributed by atoms with van der Waals surface area (Å²) in [6.45, 7) is 12.9. The second-order valence-electron chi connectivity index (χ2n) is 5.01. The van der Waals surface area contributed by atoms with Gasteiger partial charge >= 0.3 is 0 Å². The summed E-state index contributed by atoms with van der Waals surface area (Å²) in [6.07, 6.45) is 1.32. The summed E-state index contributed by atoms with van der Waals surface area (Å²) in [7, 11) is 0. The third-order valence-corrected chi connectivity index (χ3v) is 4.21. The Bertz CT molecular complexity index is 162. The van der Waals surface area contributed by atoms with Crippen LogP contribution in [-0.4, -0.2) is 39.7 Å². The molecule has 0 aromatic rings. The van der Waals surface area contributed by atoms with E-state index in [1.807, 2.05) is 0 Å². The molecule has 0 radical (unpaired) electrons. The van der Waals surface area contributed by atoms with Crippen LogP contribution >= 0.6 is 22.9 Å². The molecule has 0 amide bonds. The monoisotopic (exact) mass is 310 g/mol. The lowest BCUT2D eigenvalue weighted by Gasteiger charge is -2.45. The molecule has 1 aliphatic rings. The molecule has 3 heteroatoms. The molecule has 2 nitrogen and oxygen atoms in total. The van der Waals surface area contributed by atoms with Gasteiger partial charge in [0.05, 0.1) is 0 Å². The van der Waals surface area contributed by atoms with Gasteiger partial charge in [-0.1, -0.05) is 13.8 Å². The highest BCUT2D eigenvalue weighted by molar-refractivity contribution is 14.1. The van der Waals surface area contributed by atoms with E-state index in [4.69, 9.17) is 0 Å². The Labute approximate surface area is 103 Å². The largest absolute Gasteiger partial charge is 0.298 e. The predicted octanol–water partition coefficient (Wildman–Crippen LogP) is 2.78. The smallest absolute Gasteiger partial charge is 0.0448 e. The van der Waals surface area contributed by atoms with Crippen molar-refractivity contribution in [2.24, 2.45) is 5.92 Å². The highest BCUT2D eigenvalue weighted by atomic mass is 127. The molecule has 0 unspecified atom stereocenters. The summed E-state index contributed by atoms with van der Waals surface area (Å²) >= 11 is 2.49. The lowest BCUT2D eigenvalue weighted by Crippen LogP contribution is -2.58. The summed E-state index contributed by atoms with van der Waals surface area (Å²) in [4.78, 5) is 2.53. The van der Waals surface area contributed by atoms with E-state index in [1.54, 1.807) is 0 Å². The van der Waals surface area contributed by atoms with Gasteiger partial charge in [0.25, 0.3) is 0 Å². The average Bonchev–Trinajstić information content (AvgIpc) is 1.97. The van der Waals surface area contributed by atoms with E-state index in [-0.39, 0.29) is 0 Å². The summed E-state index contributed by atoms with van der Waals surface area (Å²) in [5.74, 6) is 0.827. The minimum Gasteiger partial charge on any atom is -0.298 e. The molecule has 0 spiro atoms. The SMILES string of the molecule is CC(C)CCN(I)C1CN(C(C)C)C1. The van der Waals surface area contributed by atoms with E-state index in [2.05, 4.69) is 58.6 Å². The van der Waals surface area contributed by atoms with Crippen LogP contribution in [0.25, 0.3) is 0 Å². The van der Waals surface area contributed by atoms with E-state index in [1.165, 1.54) is 26.1 Å². The van der Waals surface area contributed by atoms with Gasteiger partial charge in [-0.15, -0.1) is 0 Å². The Morgan fingerprint density at radius 3 is 2.29 bits per heavy atom. The summed E-state index contributed by atoms with van der Waals surface area (Å²) < 4.78 is 2.50. The van der Waals surface area contributed by atoms with Crippen LogP contribution in [0.4, 0.5) is 0 Å². The molecular weight excluding hydrogens is 287 g/mol. The third kappa shape index (κ3) is 3.66. The fourth-order valence-electron chi connectivity index (χ4n) is 1.65. The summed E-state index contributed by atoms with van der Waals surface area (Å²) in [5.41, 5.74) is 0. The molecule has 1 heterocycles. The molecule has 14 heavy (non-hydrogen) atoms. The van der Waals surface area contributed by atoms with Crippen LogP contribution in [0.15, 0.2) is 0 Å². The molecule has 84 valence electrons. The first kappa shape index (κ1) is 12.7. The fourth-order valence-corrected chi connectivity index (χ4v) is 2.28. The van der Waals surface area contributed by atoms with Crippen LogP contribution in [0, 0.1) is 5.92 Å². The Morgan fingerprint density at radius 1 is 1.29 bits per heavy atom. The maximum Gasteiger partial charge on any atom is 0.0448 e. The van der Waals surface area contributed by atoms with Crippen LogP contribution in [0.3, 0.4) is 0 Å². The lowest BCUT2D eigenvalue weighted by molar-refractivity contribution is 0.0629. The van der Waals surface area contributed by atoms with Crippen molar-refractivity contribution >= 4 is 22.9 Å². The van der Waals surface area contributed by atoms with Crippen LogP contribution in [0.5, 0.6) is 0 Å². The summed E-state index contributed by atoms with van der Waals surface area (Å²) in [5, 5.41) is 0. The van der Waals surface area contributed by atoms with Crippen molar-refractivity contribution in [2.75, 3.05) is 19.6 Å². The molecule has 0 aromatic heterocycles. The number of hydrogen-bond acceptors (Lipinski definition) is 2. The van der Waals surface area contributed by atoms with Gasteiger partial charge in [-0.3, -0.25) is 4.90 Å². The first-order valence-corrected chi connectivity index (χ1v) is 6.63. The molecule has 1 rings (SSSR count). The van der Waals surface area contributed by atoms with E-state index in [0.717, 1.165) is 18.0 Å². The number of rotatable bonds is 5. The van der Waals surface area contributed by atoms with Crippen LogP contribution < -0.4 is 0 Å². The fraction of sp³-hybridized carbons (Fsp3) is 1.00. The first-order valence-electron chi connectivity index (χ1n) is 5.67. The van der Waals surface area contributed by atoms with Gasteiger partial charge < -0.3 is 0 Å². The van der Waals surface area contributed by atoms with Gasteiger partial charge in [-0.25, -0.2) is 3.11 Å². The van der Waals surface area contributed by atoms with Gasteiger partial charge in [0, 0.05) is 54.6 Å². The molecule has 0 bridgehead atoms. The first-order chi connectivity index (χ1) is 6.50. The highest BCUT2D eigenvalue weighted by Gasteiger charge is 2.31. The van der Waals surface area contributed by atoms with Crippen molar-refractivity contribution in [2.45, 2.75) is 46.2 Å². The minimum atomic E-state index is 0.723.